The third-order valence-electron chi connectivity index (χ3n) is 2.72. The van der Waals surface area contributed by atoms with Gasteiger partial charge in [0.05, 0.1) is 11.6 Å². The van der Waals surface area contributed by atoms with Crippen LogP contribution in [0.4, 0.5) is 0 Å². The molecule has 2 nitrogen and oxygen atoms in total. The smallest absolute Gasteiger partial charge is 0.135 e. The molecule has 17 heavy (non-hydrogen) atoms. The molecular formula is C14H14ClNO. The normalized spacial score (nSPS) is 12.6. The molecule has 0 saturated heterocycles. The van der Waals surface area contributed by atoms with Crippen LogP contribution in [0.25, 0.3) is 10.9 Å². The Morgan fingerprint density at radius 1 is 1.47 bits per heavy atom. The first-order chi connectivity index (χ1) is 8.26. The number of para-hydroxylation sites is 1. The van der Waals surface area contributed by atoms with Gasteiger partial charge in [-0.25, -0.2) is 4.98 Å². The van der Waals surface area contributed by atoms with E-state index in [1.54, 1.807) is 7.11 Å². The summed E-state index contributed by atoms with van der Waals surface area (Å²) >= 11 is 6.19. The van der Waals surface area contributed by atoms with E-state index in [-0.39, 0.29) is 6.10 Å². The number of ether oxygens (including phenoxy) is 1. The van der Waals surface area contributed by atoms with Crippen molar-refractivity contribution in [1.29, 1.82) is 0 Å². The van der Waals surface area contributed by atoms with Gasteiger partial charge in [-0.2, -0.15) is 0 Å². The highest BCUT2D eigenvalue weighted by molar-refractivity contribution is 6.30. The summed E-state index contributed by atoms with van der Waals surface area (Å²) in [5.74, 6) is 0. The minimum absolute atomic E-state index is 0.0860. The minimum atomic E-state index is -0.0860. The average molecular weight is 248 g/mol. The van der Waals surface area contributed by atoms with Gasteiger partial charge >= 0.3 is 0 Å². The molecule has 0 spiro atoms. The van der Waals surface area contributed by atoms with Gasteiger partial charge in [-0.1, -0.05) is 35.9 Å². The van der Waals surface area contributed by atoms with Crippen molar-refractivity contribution in [2.24, 2.45) is 0 Å². The average Bonchev–Trinajstić information content (AvgIpc) is 2.35. The Hall–Kier alpha value is -1.38. The Morgan fingerprint density at radius 2 is 2.24 bits per heavy atom. The summed E-state index contributed by atoms with van der Waals surface area (Å²) in [7, 11) is 1.67. The molecule has 0 N–H and O–H groups in total. The molecule has 1 unspecified atom stereocenters. The molecule has 88 valence electrons. The fourth-order valence-electron chi connectivity index (χ4n) is 1.84. The lowest BCUT2D eigenvalue weighted by atomic mass is 10.1. The highest BCUT2D eigenvalue weighted by atomic mass is 35.5. The van der Waals surface area contributed by atoms with Crippen molar-refractivity contribution in [3.8, 4) is 0 Å². The van der Waals surface area contributed by atoms with Gasteiger partial charge in [-0.15, -0.1) is 6.58 Å². The van der Waals surface area contributed by atoms with E-state index in [2.05, 4.69) is 11.6 Å². The van der Waals surface area contributed by atoms with Crippen LogP contribution in [0.15, 0.2) is 43.0 Å². The number of rotatable bonds is 4. The van der Waals surface area contributed by atoms with Gasteiger partial charge in [0, 0.05) is 18.1 Å². The third-order valence-corrected chi connectivity index (χ3v) is 3.02. The number of nitrogens with zero attached hydrogens (tertiary/aromatic N) is 1. The molecule has 1 heterocycles. The number of methoxy groups -OCH3 is 1. The number of aromatic nitrogens is 1. The zero-order chi connectivity index (χ0) is 12.3. The van der Waals surface area contributed by atoms with Crippen molar-refractivity contribution in [3.63, 3.8) is 0 Å². The molecule has 0 fully saturated rings. The highest BCUT2D eigenvalue weighted by Gasteiger charge is 2.14. The number of fused-ring (bicyclic) bond motifs is 1. The molecule has 0 aliphatic rings. The lowest BCUT2D eigenvalue weighted by Gasteiger charge is -2.15. The predicted molar refractivity (Wildman–Crippen MR) is 71.3 cm³/mol. The zero-order valence-electron chi connectivity index (χ0n) is 9.69. The van der Waals surface area contributed by atoms with E-state index in [9.17, 15) is 0 Å². The molecule has 1 aromatic heterocycles. The van der Waals surface area contributed by atoms with E-state index in [0.717, 1.165) is 22.9 Å². The molecule has 1 aromatic carbocycles. The van der Waals surface area contributed by atoms with Crippen LogP contribution < -0.4 is 0 Å². The largest absolute Gasteiger partial charge is 0.376 e. The van der Waals surface area contributed by atoms with Crippen LogP contribution in [0.3, 0.4) is 0 Å². The molecule has 0 radical (unpaired) electrons. The lowest BCUT2D eigenvalue weighted by molar-refractivity contribution is 0.106. The summed E-state index contributed by atoms with van der Waals surface area (Å²) in [6.07, 6.45) is 2.45. The SMILES string of the molecule is C=CCC(OC)c1cc2ccccc2nc1Cl. The van der Waals surface area contributed by atoms with Crippen molar-refractivity contribution in [3.05, 3.63) is 53.7 Å². The first kappa shape index (κ1) is 12.1. The lowest BCUT2D eigenvalue weighted by Crippen LogP contribution is -2.02. The van der Waals surface area contributed by atoms with Crippen LogP contribution >= 0.6 is 11.6 Å². The summed E-state index contributed by atoms with van der Waals surface area (Å²) in [6.45, 7) is 3.72. The predicted octanol–water partition coefficient (Wildman–Crippen LogP) is 4.15. The Kier molecular flexibility index (Phi) is 3.77. The molecule has 2 rings (SSSR count). The molecule has 0 aliphatic heterocycles. The number of hydrogen-bond donors (Lipinski definition) is 0. The Bertz CT molecular complexity index is 539. The maximum Gasteiger partial charge on any atom is 0.135 e. The Labute approximate surface area is 106 Å². The van der Waals surface area contributed by atoms with Gasteiger partial charge in [-0.05, 0) is 18.6 Å². The molecule has 0 aliphatic carbocycles. The van der Waals surface area contributed by atoms with Crippen LogP contribution in [0.1, 0.15) is 18.1 Å². The highest BCUT2D eigenvalue weighted by Crippen LogP contribution is 2.29. The van der Waals surface area contributed by atoms with Gasteiger partial charge in [0.15, 0.2) is 0 Å². The number of halogens is 1. The molecule has 1 atom stereocenters. The molecule has 0 saturated carbocycles. The van der Waals surface area contributed by atoms with Gasteiger partial charge in [0.1, 0.15) is 5.15 Å². The van der Waals surface area contributed by atoms with E-state index in [1.165, 1.54) is 0 Å². The Morgan fingerprint density at radius 3 is 2.94 bits per heavy atom. The summed E-state index contributed by atoms with van der Waals surface area (Å²) in [6, 6.07) is 9.92. The van der Waals surface area contributed by atoms with Gasteiger partial charge in [-0.3, -0.25) is 0 Å². The van der Waals surface area contributed by atoms with Crippen molar-refractivity contribution < 1.29 is 4.74 Å². The van der Waals surface area contributed by atoms with Crippen molar-refractivity contribution in [2.45, 2.75) is 12.5 Å². The van der Waals surface area contributed by atoms with Crippen molar-refractivity contribution >= 4 is 22.5 Å². The molecule has 3 heteroatoms. The molecule has 0 bridgehead atoms. The van der Waals surface area contributed by atoms with Crippen LogP contribution in [-0.4, -0.2) is 12.1 Å². The van der Waals surface area contributed by atoms with Gasteiger partial charge < -0.3 is 4.74 Å². The summed E-state index contributed by atoms with van der Waals surface area (Å²) in [4.78, 5) is 4.38. The van der Waals surface area contributed by atoms with Crippen molar-refractivity contribution in [2.75, 3.05) is 7.11 Å². The first-order valence-electron chi connectivity index (χ1n) is 5.45. The molecule has 2 aromatic rings. The standard InChI is InChI=1S/C14H14ClNO/c1-3-6-13(17-2)11-9-10-7-4-5-8-12(10)16-14(11)15/h3-5,7-9,13H,1,6H2,2H3. The van der Waals surface area contributed by atoms with Gasteiger partial charge in [0.25, 0.3) is 0 Å². The maximum atomic E-state index is 6.19. The second kappa shape index (κ2) is 5.30. The monoisotopic (exact) mass is 247 g/mol. The number of benzene rings is 1. The maximum absolute atomic E-state index is 6.19. The summed E-state index contributed by atoms with van der Waals surface area (Å²) in [5.41, 5.74) is 1.81. The van der Waals surface area contributed by atoms with Crippen LogP contribution in [0.2, 0.25) is 5.15 Å². The summed E-state index contributed by atoms with van der Waals surface area (Å²) < 4.78 is 5.41. The van der Waals surface area contributed by atoms with Crippen LogP contribution in [0, 0.1) is 0 Å². The van der Waals surface area contributed by atoms with E-state index in [0.29, 0.717) is 5.15 Å². The fraction of sp³-hybridized carbons (Fsp3) is 0.214. The summed E-state index contributed by atoms with van der Waals surface area (Å²) in [5, 5.41) is 1.57. The van der Waals surface area contributed by atoms with Crippen LogP contribution in [0.5, 0.6) is 0 Å². The van der Waals surface area contributed by atoms with E-state index >= 15 is 0 Å². The fourth-order valence-corrected chi connectivity index (χ4v) is 2.10. The topological polar surface area (TPSA) is 22.1 Å². The van der Waals surface area contributed by atoms with Crippen LogP contribution in [-0.2, 0) is 4.74 Å². The number of pyridine rings is 1. The van der Waals surface area contributed by atoms with Crippen molar-refractivity contribution in [1.82, 2.24) is 4.98 Å². The van der Waals surface area contributed by atoms with Gasteiger partial charge in [0.2, 0.25) is 0 Å². The quantitative estimate of drug-likeness (QED) is 0.598. The minimum Gasteiger partial charge on any atom is -0.376 e. The Balaban J connectivity index is 2.52. The second-order valence-corrected chi connectivity index (χ2v) is 4.17. The second-order valence-electron chi connectivity index (χ2n) is 3.81. The van der Waals surface area contributed by atoms with E-state index in [1.807, 2.05) is 36.4 Å². The third kappa shape index (κ3) is 2.48. The molecular weight excluding hydrogens is 234 g/mol. The molecule has 0 amide bonds. The zero-order valence-corrected chi connectivity index (χ0v) is 10.4. The first-order valence-corrected chi connectivity index (χ1v) is 5.83. The van der Waals surface area contributed by atoms with E-state index < -0.39 is 0 Å². The van der Waals surface area contributed by atoms with E-state index in [4.69, 9.17) is 16.3 Å². The number of hydrogen-bond acceptors (Lipinski definition) is 2.